The molecular formula is C22H28IN7O. The fraction of sp³-hybridized carbons (Fsp3) is 0.273. The molecule has 164 valence electrons. The quantitative estimate of drug-likeness (QED) is 0.277. The van der Waals surface area contributed by atoms with Gasteiger partial charge >= 0.3 is 0 Å². The largest absolute Gasteiger partial charge is 0.356 e. The molecule has 0 spiro atoms. The Labute approximate surface area is 199 Å². The van der Waals surface area contributed by atoms with Crippen LogP contribution in [0.25, 0.3) is 5.69 Å². The number of carbonyl (C=O) groups excluding carboxylic acids is 1. The number of rotatable bonds is 7. The number of nitrogens with one attached hydrogen (secondary N) is 2. The molecule has 0 aliphatic carbocycles. The van der Waals surface area contributed by atoms with Crippen LogP contribution in [0.15, 0.2) is 65.9 Å². The zero-order chi connectivity index (χ0) is 21.3. The van der Waals surface area contributed by atoms with Crippen LogP contribution in [-0.2, 0) is 13.0 Å². The molecule has 0 aliphatic heterocycles. The number of benzene rings is 2. The first-order chi connectivity index (χ1) is 14.6. The molecule has 0 radical (unpaired) electrons. The summed E-state index contributed by atoms with van der Waals surface area (Å²) in [4.78, 5) is 18.0. The first-order valence-corrected chi connectivity index (χ1v) is 9.78. The second-order valence-electron chi connectivity index (χ2n) is 6.96. The van der Waals surface area contributed by atoms with Gasteiger partial charge in [-0.1, -0.05) is 30.3 Å². The second kappa shape index (κ2) is 12.0. The van der Waals surface area contributed by atoms with E-state index in [0.29, 0.717) is 24.6 Å². The zero-order valence-electron chi connectivity index (χ0n) is 17.9. The van der Waals surface area contributed by atoms with E-state index in [9.17, 15) is 4.79 Å². The van der Waals surface area contributed by atoms with Crippen LogP contribution in [0.5, 0.6) is 0 Å². The van der Waals surface area contributed by atoms with E-state index in [1.54, 1.807) is 32.4 Å². The number of para-hydroxylation sites is 1. The highest BCUT2D eigenvalue weighted by molar-refractivity contribution is 14.0. The van der Waals surface area contributed by atoms with Crippen molar-refractivity contribution in [2.45, 2.75) is 13.0 Å². The molecule has 0 aliphatic rings. The highest BCUT2D eigenvalue weighted by Gasteiger charge is 2.09. The van der Waals surface area contributed by atoms with Crippen LogP contribution in [0.1, 0.15) is 21.7 Å². The third kappa shape index (κ3) is 6.78. The van der Waals surface area contributed by atoms with Gasteiger partial charge in [0.1, 0.15) is 6.33 Å². The number of aliphatic imine (C=N–C) groups is 1. The Kier molecular flexibility index (Phi) is 9.44. The monoisotopic (exact) mass is 533 g/mol. The van der Waals surface area contributed by atoms with Crippen LogP contribution in [0.4, 0.5) is 0 Å². The molecule has 0 atom stereocenters. The third-order valence-electron chi connectivity index (χ3n) is 4.58. The number of amides is 1. The number of guanidine groups is 1. The van der Waals surface area contributed by atoms with Crippen LogP contribution in [0.3, 0.4) is 0 Å². The van der Waals surface area contributed by atoms with E-state index in [4.69, 9.17) is 0 Å². The summed E-state index contributed by atoms with van der Waals surface area (Å²) in [5.41, 5.74) is 2.80. The van der Waals surface area contributed by atoms with Crippen molar-refractivity contribution in [3.63, 3.8) is 0 Å². The minimum absolute atomic E-state index is 0. The summed E-state index contributed by atoms with van der Waals surface area (Å²) in [5, 5.41) is 14.8. The van der Waals surface area contributed by atoms with Gasteiger partial charge in [-0.05, 0) is 36.2 Å². The van der Waals surface area contributed by atoms with E-state index in [0.717, 1.165) is 23.5 Å². The maximum Gasteiger partial charge on any atom is 0.253 e. The van der Waals surface area contributed by atoms with Gasteiger partial charge in [0.05, 0.1) is 6.54 Å². The van der Waals surface area contributed by atoms with Crippen molar-refractivity contribution in [2.75, 3.05) is 27.7 Å². The molecule has 3 aromatic rings. The van der Waals surface area contributed by atoms with Crippen LogP contribution in [0, 0.1) is 0 Å². The molecule has 0 saturated carbocycles. The molecule has 31 heavy (non-hydrogen) atoms. The topological polar surface area (TPSA) is 87.4 Å². The number of nitrogens with zero attached hydrogens (tertiary/aromatic N) is 5. The number of hydrogen-bond acceptors (Lipinski definition) is 4. The minimum atomic E-state index is 0. The third-order valence-corrected chi connectivity index (χ3v) is 4.58. The molecular weight excluding hydrogens is 505 g/mol. The van der Waals surface area contributed by atoms with Gasteiger partial charge in [0.25, 0.3) is 5.91 Å². The van der Waals surface area contributed by atoms with Crippen LogP contribution in [0.2, 0.25) is 0 Å². The van der Waals surface area contributed by atoms with Crippen LogP contribution >= 0.6 is 24.0 Å². The lowest BCUT2D eigenvalue weighted by molar-refractivity contribution is 0.0827. The van der Waals surface area contributed by atoms with Gasteiger partial charge in [-0.15, -0.1) is 34.2 Å². The average molecular weight is 533 g/mol. The van der Waals surface area contributed by atoms with Crippen LogP contribution in [-0.4, -0.2) is 59.2 Å². The first kappa shape index (κ1) is 24.3. The number of aromatic nitrogens is 3. The molecule has 2 N–H and O–H groups in total. The molecule has 9 heteroatoms. The lowest BCUT2D eigenvalue weighted by atomic mass is 10.1. The summed E-state index contributed by atoms with van der Waals surface area (Å²) in [6.45, 7) is 1.17. The van der Waals surface area contributed by atoms with E-state index in [1.165, 1.54) is 0 Å². The number of hydrogen-bond donors (Lipinski definition) is 2. The SMILES string of the molecule is CN=C(NCCc1cccc(C(=O)N(C)C)c1)NCc1nncn1-c1ccccc1.I. The second-order valence-corrected chi connectivity index (χ2v) is 6.96. The summed E-state index contributed by atoms with van der Waals surface area (Å²) < 4.78 is 1.94. The maximum atomic E-state index is 12.1. The lowest BCUT2D eigenvalue weighted by Crippen LogP contribution is -2.38. The van der Waals surface area contributed by atoms with Crippen molar-refractivity contribution in [2.24, 2.45) is 4.99 Å². The van der Waals surface area contributed by atoms with Crippen molar-refractivity contribution in [1.82, 2.24) is 30.3 Å². The Hall–Kier alpha value is -2.95. The molecule has 0 bridgehead atoms. The number of carbonyl (C=O) groups is 1. The predicted octanol–water partition coefficient (Wildman–Crippen LogP) is 2.49. The summed E-state index contributed by atoms with van der Waals surface area (Å²) in [5.74, 6) is 1.47. The highest BCUT2D eigenvalue weighted by atomic mass is 127. The molecule has 1 amide bonds. The lowest BCUT2D eigenvalue weighted by Gasteiger charge is -2.13. The van der Waals surface area contributed by atoms with Gasteiger partial charge in [0.2, 0.25) is 0 Å². The molecule has 1 heterocycles. The fourth-order valence-electron chi connectivity index (χ4n) is 3.01. The van der Waals surface area contributed by atoms with E-state index in [1.807, 2.05) is 59.2 Å². The normalized spacial score (nSPS) is 10.9. The summed E-state index contributed by atoms with van der Waals surface area (Å²) in [6.07, 6.45) is 2.47. The highest BCUT2D eigenvalue weighted by Crippen LogP contribution is 2.09. The summed E-state index contributed by atoms with van der Waals surface area (Å²) in [6, 6.07) is 17.7. The first-order valence-electron chi connectivity index (χ1n) is 9.78. The molecule has 0 fully saturated rings. The van der Waals surface area contributed by atoms with Crippen molar-refractivity contribution in [3.8, 4) is 5.69 Å². The molecule has 0 unspecified atom stereocenters. The van der Waals surface area contributed by atoms with Crippen molar-refractivity contribution < 1.29 is 4.79 Å². The van der Waals surface area contributed by atoms with Gasteiger partial charge < -0.3 is 15.5 Å². The van der Waals surface area contributed by atoms with E-state index >= 15 is 0 Å². The van der Waals surface area contributed by atoms with E-state index < -0.39 is 0 Å². The van der Waals surface area contributed by atoms with Crippen molar-refractivity contribution >= 4 is 35.8 Å². The molecule has 3 rings (SSSR count). The summed E-state index contributed by atoms with van der Waals surface area (Å²) in [7, 11) is 5.24. The fourth-order valence-corrected chi connectivity index (χ4v) is 3.01. The Balaban J connectivity index is 0.00000341. The molecule has 1 aromatic heterocycles. The van der Waals surface area contributed by atoms with Gasteiger partial charge in [0, 0.05) is 38.9 Å². The molecule has 2 aromatic carbocycles. The predicted molar refractivity (Wildman–Crippen MR) is 133 cm³/mol. The Bertz CT molecular complexity index is 1000. The van der Waals surface area contributed by atoms with E-state index in [2.05, 4.69) is 25.8 Å². The summed E-state index contributed by atoms with van der Waals surface area (Å²) >= 11 is 0. The maximum absolute atomic E-state index is 12.1. The van der Waals surface area contributed by atoms with Gasteiger partial charge in [-0.2, -0.15) is 0 Å². The Morgan fingerprint density at radius 2 is 1.87 bits per heavy atom. The molecule has 8 nitrogen and oxygen atoms in total. The standard InChI is InChI=1S/C22H27N7O.HI/c1-23-22(24-13-12-17-8-7-9-18(14-17)21(30)28(2)3)25-15-20-27-26-16-29(20)19-10-5-4-6-11-19;/h4-11,14,16H,12-13,15H2,1-3H3,(H2,23,24,25);1H. The van der Waals surface area contributed by atoms with E-state index in [-0.39, 0.29) is 29.9 Å². The smallest absolute Gasteiger partial charge is 0.253 e. The Morgan fingerprint density at radius 3 is 2.58 bits per heavy atom. The number of halogens is 1. The van der Waals surface area contributed by atoms with Crippen molar-refractivity contribution in [3.05, 3.63) is 77.9 Å². The molecule has 0 saturated heterocycles. The van der Waals surface area contributed by atoms with Gasteiger partial charge in [-0.3, -0.25) is 14.4 Å². The minimum Gasteiger partial charge on any atom is -0.356 e. The van der Waals surface area contributed by atoms with Crippen LogP contribution < -0.4 is 10.6 Å². The zero-order valence-corrected chi connectivity index (χ0v) is 20.3. The van der Waals surface area contributed by atoms with Crippen molar-refractivity contribution in [1.29, 1.82) is 0 Å². The Morgan fingerprint density at radius 1 is 1.10 bits per heavy atom. The van der Waals surface area contributed by atoms with Gasteiger partial charge in [-0.25, -0.2) is 0 Å². The van der Waals surface area contributed by atoms with Gasteiger partial charge in [0.15, 0.2) is 11.8 Å². The average Bonchev–Trinajstić information content (AvgIpc) is 3.25.